The highest BCUT2D eigenvalue weighted by atomic mass is 16.7. The van der Waals surface area contributed by atoms with Gasteiger partial charge in [0.05, 0.1) is 17.8 Å². The Morgan fingerprint density at radius 2 is 2.14 bits per heavy atom. The van der Waals surface area contributed by atoms with Gasteiger partial charge in [-0.2, -0.15) is 5.26 Å². The summed E-state index contributed by atoms with van der Waals surface area (Å²) < 4.78 is 5.68. The standard InChI is InChI=1S/C22H23N3O3/c1-12(2)27-19-8-7-14(10-15(19)11-23)22-24-21(25-28-22)17-6-4-5-16-18(26)9-13(3)20(16)17/h4-8,10,12-13,18,22,26H,9H2,1-3H3,(H,24,25). The van der Waals surface area contributed by atoms with E-state index >= 15 is 0 Å². The van der Waals surface area contributed by atoms with Crippen LogP contribution in [0.5, 0.6) is 5.75 Å². The summed E-state index contributed by atoms with van der Waals surface area (Å²) in [6, 6.07) is 13.5. The number of hydrogen-bond acceptors (Lipinski definition) is 6. The third-order valence-corrected chi connectivity index (χ3v) is 5.11. The Bertz CT molecular complexity index is 977. The highest BCUT2D eigenvalue weighted by Gasteiger charge is 2.32. The molecule has 0 radical (unpaired) electrons. The van der Waals surface area contributed by atoms with Crippen molar-refractivity contribution >= 4 is 5.84 Å². The fraction of sp³-hybridized carbons (Fsp3) is 0.364. The van der Waals surface area contributed by atoms with Gasteiger partial charge in [0.1, 0.15) is 11.8 Å². The minimum absolute atomic E-state index is 0.00973. The number of nitrogens with zero attached hydrogens (tertiary/aromatic N) is 2. The molecule has 2 aromatic carbocycles. The molecule has 3 atom stereocenters. The van der Waals surface area contributed by atoms with E-state index in [1.165, 1.54) is 0 Å². The highest BCUT2D eigenvalue weighted by Crippen LogP contribution is 2.42. The van der Waals surface area contributed by atoms with Gasteiger partial charge in [-0.25, -0.2) is 15.3 Å². The molecule has 0 amide bonds. The first-order valence-corrected chi connectivity index (χ1v) is 9.49. The van der Waals surface area contributed by atoms with Crippen LogP contribution in [0.25, 0.3) is 0 Å². The van der Waals surface area contributed by atoms with Crippen LogP contribution < -0.4 is 10.2 Å². The van der Waals surface area contributed by atoms with E-state index in [1.54, 1.807) is 12.1 Å². The summed E-state index contributed by atoms with van der Waals surface area (Å²) in [6.45, 7) is 5.96. The van der Waals surface area contributed by atoms with Crippen molar-refractivity contribution < 1.29 is 14.7 Å². The molecule has 0 fully saturated rings. The van der Waals surface area contributed by atoms with Crippen LogP contribution in [0.1, 0.15) is 73.3 Å². The Morgan fingerprint density at radius 1 is 1.32 bits per heavy atom. The summed E-state index contributed by atoms with van der Waals surface area (Å²) in [6.07, 6.45) is -0.278. The molecule has 3 unspecified atom stereocenters. The molecular formula is C22H23N3O3. The SMILES string of the molecule is CC(C)Oc1ccc(C2N=C(c3cccc4c3C(C)CC4O)NO2)cc1C#N. The van der Waals surface area contributed by atoms with E-state index < -0.39 is 12.3 Å². The number of hydroxylamine groups is 1. The lowest BCUT2D eigenvalue weighted by Gasteiger charge is -2.13. The third kappa shape index (κ3) is 3.24. The van der Waals surface area contributed by atoms with Crippen molar-refractivity contribution in [2.75, 3.05) is 0 Å². The van der Waals surface area contributed by atoms with E-state index in [0.29, 0.717) is 23.6 Å². The Balaban J connectivity index is 1.65. The van der Waals surface area contributed by atoms with Crippen LogP contribution in [0.4, 0.5) is 0 Å². The fourth-order valence-corrected chi connectivity index (χ4v) is 3.90. The summed E-state index contributed by atoms with van der Waals surface area (Å²) >= 11 is 0. The molecule has 144 valence electrons. The van der Waals surface area contributed by atoms with E-state index in [0.717, 1.165) is 22.3 Å². The van der Waals surface area contributed by atoms with E-state index in [1.807, 2.05) is 38.1 Å². The van der Waals surface area contributed by atoms with Crippen molar-refractivity contribution in [3.8, 4) is 11.8 Å². The van der Waals surface area contributed by atoms with Crippen LogP contribution in [0.3, 0.4) is 0 Å². The lowest BCUT2D eigenvalue weighted by atomic mass is 9.96. The average Bonchev–Trinajstić information content (AvgIpc) is 3.27. The minimum atomic E-state index is -0.548. The summed E-state index contributed by atoms with van der Waals surface area (Å²) in [5.74, 6) is 1.45. The number of nitrogens with one attached hydrogen (secondary N) is 1. The molecule has 6 nitrogen and oxygen atoms in total. The Hall–Kier alpha value is -2.88. The Labute approximate surface area is 164 Å². The number of benzene rings is 2. The van der Waals surface area contributed by atoms with Gasteiger partial charge in [0.25, 0.3) is 0 Å². The molecule has 2 aromatic rings. The second-order valence-electron chi connectivity index (χ2n) is 7.55. The van der Waals surface area contributed by atoms with E-state index in [4.69, 9.17) is 9.57 Å². The van der Waals surface area contributed by atoms with Gasteiger partial charge in [-0.15, -0.1) is 0 Å². The minimum Gasteiger partial charge on any atom is -0.490 e. The molecule has 0 aromatic heterocycles. The van der Waals surface area contributed by atoms with Crippen LogP contribution in [0, 0.1) is 11.3 Å². The molecule has 1 aliphatic carbocycles. The smallest absolute Gasteiger partial charge is 0.202 e. The van der Waals surface area contributed by atoms with Gasteiger partial charge >= 0.3 is 0 Å². The van der Waals surface area contributed by atoms with Crippen LogP contribution in [-0.4, -0.2) is 17.0 Å². The number of aliphatic hydroxyl groups is 1. The summed E-state index contributed by atoms with van der Waals surface area (Å²) in [7, 11) is 0. The summed E-state index contributed by atoms with van der Waals surface area (Å²) in [4.78, 5) is 10.4. The van der Waals surface area contributed by atoms with Crippen molar-refractivity contribution in [3.05, 3.63) is 64.2 Å². The molecule has 6 heteroatoms. The van der Waals surface area contributed by atoms with E-state index in [2.05, 4.69) is 23.5 Å². The van der Waals surface area contributed by atoms with Gasteiger partial charge in [0, 0.05) is 11.1 Å². The fourth-order valence-electron chi connectivity index (χ4n) is 3.90. The lowest BCUT2D eigenvalue weighted by molar-refractivity contribution is 0.0376. The maximum absolute atomic E-state index is 10.3. The molecule has 1 aliphatic heterocycles. The average molecular weight is 377 g/mol. The first-order chi connectivity index (χ1) is 13.5. The maximum atomic E-state index is 10.3. The number of amidine groups is 1. The van der Waals surface area contributed by atoms with Crippen LogP contribution in [-0.2, 0) is 4.84 Å². The second kappa shape index (κ2) is 7.27. The zero-order valence-electron chi connectivity index (χ0n) is 16.1. The van der Waals surface area contributed by atoms with Crippen molar-refractivity contribution in [2.45, 2.75) is 51.5 Å². The zero-order chi connectivity index (χ0) is 19.8. The molecule has 0 saturated carbocycles. The number of hydrogen-bond donors (Lipinski definition) is 2. The van der Waals surface area contributed by atoms with Gasteiger partial charge in [0.2, 0.25) is 6.23 Å². The normalized spacial score (nSPS) is 23.1. The van der Waals surface area contributed by atoms with Crippen molar-refractivity contribution in [2.24, 2.45) is 4.99 Å². The maximum Gasteiger partial charge on any atom is 0.202 e. The van der Waals surface area contributed by atoms with Gasteiger partial charge in [-0.05, 0) is 49.4 Å². The first-order valence-electron chi connectivity index (χ1n) is 9.49. The second-order valence-corrected chi connectivity index (χ2v) is 7.55. The van der Waals surface area contributed by atoms with Gasteiger partial charge in [-0.3, -0.25) is 0 Å². The van der Waals surface area contributed by atoms with Crippen LogP contribution in [0.2, 0.25) is 0 Å². The van der Waals surface area contributed by atoms with Gasteiger partial charge in [-0.1, -0.05) is 31.2 Å². The van der Waals surface area contributed by atoms with E-state index in [9.17, 15) is 10.4 Å². The predicted octanol–water partition coefficient (Wildman–Crippen LogP) is 3.87. The molecule has 2 N–H and O–H groups in total. The number of aliphatic imine (C=N–C) groups is 1. The van der Waals surface area contributed by atoms with Gasteiger partial charge in [0.15, 0.2) is 5.84 Å². The third-order valence-electron chi connectivity index (χ3n) is 5.11. The summed E-state index contributed by atoms with van der Waals surface area (Å²) in [5.41, 5.74) is 7.17. The molecule has 0 bridgehead atoms. The number of fused-ring (bicyclic) bond motifs is 1. The van der Waals surface area contributed by atoms with Crippen molar-refractivity contribution in [3.63, 3.8) is 0 Å². The molecule has 4 rings (SSSR count). The molecule has 1 heterocycles. The molecule has 0 saturated heterocycles. The van der Waals surface area contributed by atoms with Crippen molar-refractivity contribution in [1.29, 1.82) is 5.26 Å². The Morgan fingerprint density at radius 3 is 2.89 bits per heavy atom. The molecular weight excluding hydrogens is 354 g/mol. The topological polar surface area (TPSA) is 86.9 Å². The zero-order valence-corrected chi connectivity index (χ0v) is 16.1. The van der Waals surface area contributed by atoms with Crippen LogP contribution in [0.15, 0.2) is 41.4 Å². The van der Waals surface area contributed by atoms with Crippen LogP contribution >= 0.6 is 0 Å². The van der Waals surface area contributed by atoms with E-state index in [-0.39, 0.29) is 12.0 Å². The Kier molecular flexibility index (Phi) is 4.80. The number of ether oxygens (including phenoxy) is 1. The molecule has 2 aliphatic rings. The van der Waals surface area contributed by atoms with Gasteiger partial charge < -0.3 is 9.84 Å². The monoisotopic (exact) mass is 377 g/mol. The summed E-state index contributed by atoms with van der Waals surface area (Å²) in [5, 5.41) is 19.7. The quantitative estimate of drug-likeness (QED) is 0.845. The molecule has 28 heavy (non-hydrogen) atoms. The highest BCUT2D eigenvalue weighted by molar-refractivity contribution is 6.00. The predicted molar refractivity (Wildman–Crippen MR) is 105 cm³/mol. The first kappa shape index (κ1) is 18.5. The number of rotatable bonds is 4. The largest absolute Gasteiger partial charge is 0.490 e. The lowest BCUT2D eigenvalue weighted by Crippen LogP contribution is -2.20. The van der Waals surface area contributed by atoms with Crippen molar-refractivity contribution in [1.82, 2.24) is 5.48 Å². The number of aliphatic hydroxyl groups excluding tert-OH is 1. The number of nitriles is 1. The molecule has 0 spiro atoms.